The van der Waals surface area contributed by atoms with Gasteiger partial charge in [0.15, 0.2) is 0 Å². The standard InChI is InChI=1S/C26H28ClNO2/c1-19(17-26(2,3)22-12-5-4-6-13-22)28-25(29)20-11-9-14-23(16-20)30-18-21-10-7-8-15-24(21)27/h4-16,19H,17-18H2,1-3H3,(H,28,29). The molecule has 156 valence electrons. The van der Waals surface area contributed by atoms with E-state index in [4.69, 9.17) is 16.3 Å². The van der Waals surface area contributed by atoms with E-state index in [1.54, 1.807) is 12.1 Å². The fourth-order valence-corrected chi connectivity index (χ4v) is 3.82. The van der Waals surface area contributed by atoms with Crippen molar-refractivity contribution in [1.29, 1.82) is 0 Å². The third kappa shape index (κ3) is 5.87. The number of hydrogen-bond donors (Lipinski definition) is 1. The summed E-state index contributed by atoms with van der Waals surface area (Å²) in [5.74, 6) is 0.536. The van der Waals surface area contributed by atoms with Crippen LogP contribution in [-0.2, 0) is 12.0 Å². The molecule has 0 aliphatic rings. The zero-order chi connectivity index (χ0) is 21.6. The number of hydrogen-bond acceptors (Lipinski definition) is 2. The Morgan fingerprint density at radius 1 is 1.00 bits per heavy atom. The molecule has 30 heavy (non-hydrogen) atoms. The zero-order valence-electron chi connectivity index (χ0n) is 17.7. The van der Waals surface area contributed by atoms with Crippen LogP contribution in [0.1, 0.15) is 48.7 Å². The van der Waals surface area contributed by atoms with Gasteiger partial charge in [-0.1, -0.05) is 80.0 Å². The van der Waals surface area contributed by atoms with Gasteiger partial charge in [-0.15, -0.1) is 0 Å². The molecule has 4 heteroatoms. The fraction of sp³-hybridized carbons (Fsp3) is 0.269. The van der Waals surface area contributed by atoms with Crippen molar-refractivity contribution in [2.24, 2.45) is 0 Å². The molecule has 3 aromatic rings. The van der Waals surface area contributed by atoms with Gasteiger partial charge in [0.1, 0.15) is 12.4 Å². The van der Waals surface area contributed by atoms with Gasteiger partial charge in [0, 0.05) is 22.2 Å². The number of carbonyl (C=O) groups is 1. The van der Waals surface area contributed by atoms with E-state index in [9.17, 15) is 4.79 Å². The first-order chi connectivity index (χ1) is 14.3. The molecule has 3 rings (SSSR count). The summed E-state index contributed by atoms with van der Waals surface area (Å²) in [6.45, 7) is 6.80. The SMILES string of the molecule is CC(CC(C)(C)c1ccccc1)NC(=O)c1cccc(OCc2ccccc2Cl)c1. The smallest absolute Gasteiger partial charge is 0.251 e. The van der Waals surface area contributed by atoms with Gasteiger partial charge < -0.3 is 10.1 Å². The summed E-state index contributed by atoms with van der Waals surface area (Å²) >= 11 is 6.18. The molecule has 0 fully saturated rings. The number of benzene rings is 3. The summed E-state index contributed by atoms with van der Waals surface area (Å²) in [6, 6.07) is 25.2. The lowest BCUT2D eigenvalue weighted by atomic mass is 9.79. The van der Waals surface area contributed by atoms with Crippen LogP contribution in [0.4, 0.5) is 0 Å². The maximum Gasteiger partial charge on any atom is 0.251 e. The maximum absolute atomic E-state index is 12.8. The molecule has 0 aliphatic carbocycles. The largest absolute Gasteiger partial charge is 0.489 e. The Hall–Kier alpha value is -2.78. The van der Waals surface area contributed by atoms with Gasteiger partial charge in [0.25, 0.3) is 5.91 Å². The average molecular weight is 422 g/mol. The van der Waals surface area contributed by atoms with E-state index >= 15 is 0 Å². The molecule has 0 aromatic heterocycles. The molecule has 0 bridgehead atoms. The number of carbonyl (C=O) groups excluding carboxylic acids is 1. The van der Waals surface area contributed by atoms with Gasteiger partial charge in [0.2, 0.25) is 0 Å². The van der Waals surface area contributed by atoms with E-state index in [0.29, 0.717) is 22.9 Å². The second-order valence-corrected chi connectivity index (χ2v) is 8.64. The van der Waals surface area contributed by atoms with E-state index in [0.717, 1.165) is 12.0 Å². The molecule has 3 aromatic carbocycles. The van der Waals surface area contributed by atoms with Crippen LogP contribution >= 0.6 is 11.6 Å². The van der Waals surface area contributed by atoms with E-state index in [1.165, 1.54) is 5.56 Å². The topological polar surface area (TPSA) is 38.3 Å². The Labute approximate surface area is 184 Å². The quantitative estimate of drug-likeness (QED) is 0.456. The van der Waals surface area contributed by atoms with Crippen LogP contribution in [-0.4, -0.2) is 11.9 Å². The summed E-state index contributed by atoms with van der Waals surface area (Å²) in [5.41, 5.74) is 2.72. The van der Waals surface area contributed by atoms with Crippen molar-refractivity contribution in [2.75, 3.05) is 0 Å². The van der Waals surface area contributed by atoms with Gasteiger partial charge in [-0.25, -0.2) is 0 Å². The highest BCUT2D eigenvalue weighted by molar-refractivity contribution is 6.31. The highest BCUT2D eigenvalue weighted by Gasteiger charge is 2.24. The van der Waals surface area contributed by atoms with Gasteiger partial charge in [-0.3, -0.25) is 4.79 Å². The van der Waals surface area contributed by atoms with E-state index < -0.39 is 0 Å². The molecule has 1 N–H and O–H groups in total. The highest BCUT2D eigenvalue weighted by atomic mass is 35.5. The Balaban J connectivity index is 1.60. The van der Waals surface area contributed by atoms with Crippen molar-refractivity contribution in [3.63, 3.8) is 0 Å². The maximum atomic E-state index is 12.8. The average Bonchev–Trinajstić information content (AvgIpc) is 2.73. The summed E-state index contributed by atoms with van der Waals surface area (Å²) in [4.78, 5) is 12.8. The van der Waals surface area contributed by atoms with E-state index in [-0.39, 0.29) is 17.4 Å². The minimum absolute atomic E-state index is 0.0282. The molecular weight excluding hydrogens is 394 g/mol. The molecule has 0 aliphatic heterocycles. The normalized spacial score (nSPS) is 12.3. The summed E-state index contributed by atoms with van der Waals surface area (Å²) in [5, 5.41) is 3.78. The molecule has 0 spiro atoms. The van der Waals surface area contributed by atoms with Crippen molar-refractivity contribution >= 4 is 17.5 Å². The van der Waals surface area contributed by atoms with E-state index in [2.05, 4.69) is 43.4 Å². The first kappa shape index (κ1) is 21.9. The minimum atomic E-state index is -0.102. The Morgan fingerprint density at radius 3 is 2.43 bits per heavy atom. The van der Waals surface area contributed by atoms with Crippen molar-refractivity contribution in [2.45, 2.75) is 45.3 Å². The lowest BCUT2D eigenvalue weighted by Crippen LogP contribution is -2.37. The van der Waals surface area contributed by atoms with Crippen LogP contribution in [0.25, 0.3) is 0 Å². The fourth-order valence-electron chi connectivity index (χ4n) is 3.63. The Morgan fingerprint density at radius 2 is 1.70 bits per heavy atom. The molecular formula is C26H28ClNO2. The minimum Gasteiger partial charge on any atom is -0.489 e. The molecule has 1 atom stereocenters. The molecule has 0 saturated carbocycles. The molecule has 3 nitrogen and oxygen atoms in total. The van der Waals surface area contributed by atoms with Crippen molar-refractivity contribution < 1.29 is 9.53 Å². The lowest BCUT2D eigenvalue weighted by Gasteiger charge is -2.29. The predicted molar refractivity (Wildman–Crippen MR) is 123 cm³/mol. The zero-order valence-corrected chi connectivity index (χ0v) is 18.4. The molecule has 0 heterocycles. The van der Waals surface area contributed by atoms with Crippen molar-refractivity contribution in [3.8, 4) is 5.75 Å². The number of ether oxygens (including phenoxy) is 1. The van der Waals surface area contributed by atoms with Crippen LogP contribution in [0.2, 0.25) is 5.02 Å². The van der Waals surface area contributed by atoms with Gasteiger partial charge in [-0.2, -0.15) is 0 Å². The second kappa shape index (κ2) is 9.82. The van der Waals surface area contributed by atoms with Crippen LogP contribution in [0, 0.1) is 0 Å². The Kier molecular flexibility index (Phi) is 7.17. The first-order valence-corrected chi connectivity index (χ1v) is 10.6. The molecule has 1 unspecified atom stereocenters. The third-order valence-corrected chi connectivity index (χ3v) is 5.57. The monoisotopic (exact) mass is 421 g/mol. The van der Waals surface area contributed by atoms with Crippen LogP contribution < -0.4 is 10.1 Å². The van der Waals surface area contributed by atoms with Crippen molar-refractivity contribution in [1.82, 2.24) is 5.32 Å². The predicted octanol–water partition coefficient (Wildman–Crippen LogP) is 6.41. The number of nitrogens with one attached hydrogen (secondary N) is 1. The van der Waals surface area contributed by atoms with Crippen LogP contribution in [0.3, 0.4) is 0 Å². The highest BCUT2D eigenvalue weighted by Crippen LogP contribution is 2.28. The number of rotatable bonds is 8. The van der Waals surface area contributed by atoms with Crippen LogP contribution in [0.15, 0.2) is 78.9 Å². The third-order valence-electron chi connectivity index (χ3n) is 5.20. The molecule has 1 amide bonds. The van der Waals surface area contributed by atoms with E-state index in [1.807, 2.05) is 49.4 Å². The first-order valence-electron chi connectivity index (χ1n) is 10.2. The summed E-state index contributed by atoms with van der Waals surface area (Å²) < 4.78 is 5.84. The summed E-state index contributed by atoms with van der Waals surface area (Å²) in [6.07, 6.45) is 0.839. The number of halogens is 1. The van der Waals surface area contributed by atoms with Gasteiger partial charge in [-0.05, 0) is 48.6 Å². The molecule has 0 saturated heterocycles. The van der Waals surface area contributed by atoms with Crippen LogP contribution in [0.5, 0.6) is 5.75 Å². The summed E-state index contributed by atoms with van der Waals surface area (Å²) in [7, 11) is 0. The molecule has 0 radical (unpaired) electrons. The van der Waals surface area contributed by atoms with Gasteiger partial charge >= 0.3 is 0 Å². The number of amides is 1. The second-order valence-electron chi connectivity index (χ2n) is 8.24. The van der Waals surface area contributed by atoms with Crippen molar-refractivity contribution in [3.05, 3.63) is 101 Å². The Bertz CT molecular complexity index is 985. The van der Waals surface area contributed by atoms with Gasteiger partial charge in [0.05, 0.1) is 0 Å². The lowest BCUT2D eigenvalue weighted by molar-refractivity contribution is 0.0934.